The summed E-state index contributed by atoms with van der Waals surface area (Å²) in [6.45, 7) is 7.09. The van der Waals surface area contributed by atoms with E-state index in [2.05, 4.69) is 23.7 Å². The number of hydrogen-bond donors (Lipinski definition) is 0. The third-order valence-corrected chi connectivity index (χ3v) is 6.46. The van der Waals surface area contributed by atoms with E-state index < -0.39 is 0 Å². The average molecular weight is 523 g/mol. The van der Waals surface area contributed by atoms with Crippen LogP contribution in [0.25, 0.3) is 10.2 Å². The number of fused-ring (bicyclic) bond motifs is 1. The molecule has 0 aliphatic rings. The van der Waals surface area contributed by atoms with Gasteiger partial charge in [-0.15, -0.1) is 12.4 Å². The van der Waals surface area contributed by atoms with E-state index in [9.17, 15) is 4.79 Å². The maximum atomic E-state index is 13.1. The van der Waals surface area contributed by atoms with Crippen LogP contribution in [0.3, 0.4) is 0 Å². The molecule has 0 fully saturated rings. The zero-order valence-electron chi connectivity index (χ0n) is 17.1. The summed E-state index contributed by atoms with van der Waals surface area (Å²) in [5.74, 6) is 0.215. The van der Waals surface area contributed by atoms with E-state index >= 15 is 0 Å². The van der Waals surface area contributed by atoms with Crippen LogP contribution >= 0.6 is 58.5 Å². The van der Waals surface area contributed by atoms with Gasteiger partial charge < -0.3 is 9.64 Å². The van der Waals surface area contributed by atoms with Gasteiger partial charge in [0, 0.05) is 23.1 Å². The number of anilines is 1. The Bertz CT molecular complexity index is 1030. The van der Waals surface area contributed by atoms with Crippen LogP contribution in [-0.2, 0) is 4.79 Å². The van der Waals surface area contributed by atoms with E-state index in [1.165, 1.54) is 11.3 Å². The van der Waals surface area contributed by atoms with Crippen molar-refractivity contribution in [3.8, 4) is 5.75 Å². The van der Waals surface area contributed by atoms with Gasteiger partial charge in [-0.2, -0.15) is 0 Å². The van der Waals surface area contributed by atoms with E-state index in [0.717, 1.165) is 29.9 Å². The third kappa shape index (κ3) is 6.85. The number of rotatable bonds is 9. The first-order valence-corrected chi connectivity index (χ1v) is 11.5. The topological polar surface area (TPSA) is 45.7 Å². The van der Waals surface area contributed by atoms with E-state index in [1.54, 1.807) is 29.2 Å². The smallest absolute Gasteiger partial charge is 0.266 e. The summed E-state index contributed by atoms with van der Waals surface area (Å²) in [5, 5.41) is 2.13. The molecule has 0 unspecified atom stereocenters. The standard InChI is InChI=1S/C21H22Cl3N3O2S.ClH/c1-3-26(4-2)9-10-27(21-25-17-7-5-15(23)12-19(17)30-21)20(28)13-29-18-8-6-14(22)11-16(18)24;/h5-8,11-12H,3-4,9-10,13H2,1-2H3;1H. The first-order valence-electron chi connectivity index (χ1n) is 9.58. The second-order valence-corrected chi connectivity index (χ2v) is 8.83. The molecule has 2 aromatic carbocycles. The van der Waals surface area contributed by atoms with Crippen LogP contribution in [0.15, 0.2) is 36.4 Å². The van der Waals surface area contributed by atoms with E-state index in [0.29, 0.717) is 32.5 Å². The summed E-state index contributed by atoms with van der Waals surface area (Å²) in [4.78, 5) is 21.6. The fourth-order valence-corrected chi connectivity index (χ4v) is 4.67. The minimum atomic E-state index is -0.196. The van der Waals surface area contributed by atoms with Crippen LogP contribution in [0.2, 0.25) is 15.1 Å². The molecule has 0 saturated heterocycles. The van der Waals surface area contributed by atoms with Gasteiger partial charge in [0.15, 0.2) is 11.7 Å². The molecule has 5 nitrogen and oxygen atoms in total. The van der Waals surface area contributed by atoms with Crippen LogP contribution in [0, 0.1) is 0 Å². The maximum Gasteiger partial charge on any atom is 0.266 e. The minimum absolute atomic E-state index is 0. The van der Waals surface area contributed by atoms with E-state index in [4.69, 9.17) is 39.5 Å². The highest BCUT2D eigenvalue weighted by atomic mass is 35.5. The molecule has 10 heteroatoms. The minimum Gasteiger partial charge on any atom is -0.482 e. The predicted octanol–water partition coefficient (Wildman–Crippen LogP) is 6.43. The van der Waals surface area contributed by atoms with Crippen LogP contribution in [0.1, 0.15) is 13.8 Å². The Morgan fingerprint density at radius 3 is 2.39 bits per heavy atom. The van der Waals surface area contributed by atoms with Crippen LogP contribution < -0.4 is 9.64 Å². The summed E-state index contributed by atoms with van der Waals surface area (Å²) in [5.41, 5.74) is 0.807. The van der Waals surface area contributed by atoms with Gasteiger partial charge in [0.2, 0.25) is 0 Å². The molecule has 3 rings (SSSR count). The number of hydrogen-bond acceptors (Lipinski definition) is 5. The largest absolute Gasteiger partial charge is 0.482 e. The average Bonchev–Trinajstić information content (AvgIpc) is 3.13. The summed E-state index contributed by atoms with van der Waals surface area (Å²) in [6.07, 6.45) is 0. The lowest BCUT2D eigenvalue weighted by atomic mass is 10.3. The van der Waals surface area contributed by atoms with Crippen LogP contribution in [0.5, 0.6) is 5.75 Å². The quantitative estimate of drug-likeness (QED) is 0.324. The summed E-state index contributed by atoms with van der Waals surface area (Å²) < 4.78 is 6.60. The molecule has 0 aliphatic heterocycles. The number of carbonyl (C=O) groups excluding carboxylic acids is 1. The molecule has 1 heterocycles. The van der Waals surface area contributed by atoms with Crippen molar-refractivity contribution in [3.05, 3.63) is 51.5 Å². The van der Waals surface area contributed by atoms with Crippen LogP contribution in [0.4, 0.5) is 5.13 Å². The van der Waals surface area contributed by atoms with Gasteiger partial charge in [-0.3, -0.25) is 9.69 Å². The monoisotopic (exact) mass is 521 g/mol. The van der Waals surface area contributed by atoms with Crippen molar-refractivity contribution in [1.29, 1.82) is 0 Å². The maximum absolute atomic E-state index is 13.1. The number of halogens is 4. The molecule has 168 valence electrons. The van der Waals surface area contributed by atoms with E-state index in [1.807, 2.05) is 12.1 Å². The molecule has 3 aromatic rings. The van der Waals surface area contributed by atoms with Crippen LogP contribution in [-0.4, -0.2) is 48.6 Å². The van der Waals surface area contributed by atoms with Crippen molar-refractivity contribution in [2.75, 3.05) is 37.7 Å². The molecule has 1 aromatic heterocycles. The number of amides is 1. The highest BCUT2D eigenvalue weighted by Crippen LogP contribution is 2.31. The molecule has 0 bridgehead atoms. The van der Waals surface area contributed by atoms with Crippen molar-refractivity contribution in [2.24, 2.45) is 0 Å². The number of carbonyl (C=O) groups is 1. The molecule has 0 aliphatic carbocycles. The number of likely N-dealkylation sites (N-methyl/N-ethyl adjacent to an activating group) is 1. The van der Waals surface area contributed by atoms with Crippen molar-refractivity contribution in [1.82, 2.24) is 9.88 Å². The normalized spacial score (nSPS) is 10.9. The van der Waals surface area contributed by atoms with Gasteiger partial charge >= 0.3 is 0 Å². The molecular weight excluding hydrogens is 500 g/mol. The van der Waals surface area contributed by atoms with Gasteiger partial charge in [0.1, 0.15) is 5.75 Å². The molecule has 0 atom stereocenters. The van der Waals surface area contributed by atoms with Crippen molar-refractivity contribution < 1.29 is 9.53 Å². The number of aromatic nitrogens is 1. The Morgan fingerprint density at radius 1 is 1.03 bits per heavy atom. The fraction of sp³-hybridized carbons (Fsp3) is 0.333. The Balaban J connectivity index is 0.00000341. The Morgan fingerprint density at radius 2 is 1.71 bits per heavy atom. The summed E-state index contributed by atoms with van der Waals surface area (Å²) >= 11 is 19.6. The highest BCUT2D eigenvalue weighted by Gasteiger charge is 2.21. The molecule has 0 radical (unpaired) electrons. The SMILES string of the molecule is CCN(CC)CCN(C(=O)COc1ccc(Cl)cc1Cl)c1nc2ccc(Cl)cc2s1.Cl. The van der Waals surface area contributed by atoms with Gasteiger partial charge in [-0.1, -0.05) is 60.0 Å². The lowest BCUT2D eigenvalue weighted by Crippen LogP contribution is -2.41. The second-order valence-electron chi connectivity index (χ2n) is 6.54. The Labute approximate surface area is 207 Å². The predicted molar refractivity (Wildman–Crippen MR) is 134 cm³/mol. The molecule has 31 heavy (non-hydrogen) atoms. The highest BCUT2D eigenvalue weighted by molar-refractivity contribution is 7.22. The first-order chi connectivity index (χ1) is 14.4. The Hall–Kier alpha value is -1.28. The van der Waals surface area contributed by atoms with Crippen molar-refractivity contribution in [2.45, 2.75) is 13.8 Å². The third-order valence-electron chi connectivity index (χ3n) is 4.65. The fourth-order valence-electron chi connectivity index (χ4n) is 2.92. The molecule has 1 amide bonds. The zero-order chi connectivity index (χ0) is 21.7. The van der Waals surface area contributed by atoms with Gasteiger partial charge in [0.05, 0.1) is 15.2 Å². The molecule has 0 saturated carbocycles. The van der Waals surface area contributed by atoms with Crippen molar-refractivity contribution >= 4 is 79.8 Å². The van der Waals surface area contributed by atoms with Crippen molar-refractivity contribution in [3.63, 3.8) is 0 Å². The zero-order valence-corrected chi connectivity index (χ0v) is 21.0. The number of nitrogens with zero attached hydrogens (tertiary/aromatic N) is 3. The van der Waals surface area contributed by atoms with Gasteiger partial charge in [-0.05, 0) is 49.5 Å². The number of thiazole rings is 1. The Kier molecular flexibility index (Phi) is 10.1. The number of ether oxygens (including phenoxy) is 1. The lowest BCUT2D eigenvalue weighted by Gasteiger charge is -2.24. The second kappa shape index (κ2) is 12.1. The molecular formula is C21H23Cl4N3O2S. The van der Waals surface area contributed by atoms with E-state index in [-0.39, 0.29) is 24.9 Å². The lowest BCUT2D eigenvalue weighted by molar-refractivity contribution is -0.120. The number of benzene rings is 2. The van der Waals surface area contributed by atoms with Gasteiger partial charge in [0.25, 0.3) is 5.91 Å². The first kappa shape index (κ1) is 26.0. The van der Waals surface area contributed by atoms with Gasteiger partial charge in [-0.25, -0.2) is 4.98 Å². The molecule has 0 spiro atoms. The summed E-state index contributed by atoms with van der Waals surface area (Å²) in [6, 6.07) is 10.4. The summed E-state index contributed by atoms with van der Waals surface area (Å²) in [7, 11) is 0. The molecule has 0 N–H and O–H groups in total.